The fourth-order valence-electron chi connectivity index (χ4n) is 2.07. The summed E-state index contributed by atoms with van der Waals surface area (Å²) < 4.78 is 0. The largest absolute Gasteiger partial charge is 0.331 e. The van der Waals surface area contributed by atoms with Crippen LogP contribution in [0.3, 0.4) is 0 Å². The summed E-state index contributed by atoms with van der Waals surface area (Å²) >= 11 is 6.12. The summed E-state index contributed by atoms with van der Waals surface area (Å²) in [6.07, 6.45) is 0. The zero-order chi connectivity index (χ0) is 15.2. The molecule has 0 heterocycles. The fraction of sp³-hybridized carbons (Fsp3) is 0.235. The highest BCUT2D eigenvalue weighted by atomic mass is 35.5. The lowest BCUT2D eigenvalue weighted by Gasteiger charge is -2.22. The number of rotatable bonds is 4. The number of hydrogen-bond acceptors (Lipinski definition) is 1. The molecule has 1 N–H and O–H groups in total. The number of amides is 2. The maximum Gasteiger partial charge on any atom is 0.317 e. The lowest BCUT2D eigenvalue weighted by atomic mass is 10.1. The van der Waals surface area contributed by atoms with E-state index in [1.807, 2.05) is 61.5 Å². The van der Waals surface area contributed by atoms with E-state index in [4.69, 9.17) is 11.6 Å². The van der Waals surface area contributed by atoms with Crippen LogP contribution in [0.2, 0.25) is 5.02 Å². The van der Waals surface area contributed by atoms with Gasteiger partial charge in [0.1, 0.15) is 0 Å². The van der Waals surface area contributed by atoms with E-state index in [0.717, 1.165) is 11.1 Å². The van der Waals surface area contributed by atoms with Gasteiger partial charge in [-0.25, -0.2) is 4.79 Å². The number of benzene rings is 2. The van der Waals surface area contributed by atoms with Gasteiger partial charge in [-0.3, -0.25) is 0 Å². The normalized spacial score (nSPS) is 11.8. The molecule has 0 spiro atoms. The van der Waals surface area contributed by atoms with Crippen molar-refractivity contribution in [2.45, 2.75) is 19.5 Å². The molecule has 1 unspecified atom stereocenters. The first-order valence-corrected chi connectivity index (χ1v) is 7.25. The third kappa shape index (κ3) is 4.23. The Kier molecular flexibility index (Phi) is 5.23. The molecule has 1 atom stereocenters. The molecule has 2 rings (SSSR count). The number of nitrogens with zero attached hydrogens (tertiary/aromatic N) is 1. The molecule has 3 nitrogen and oxygen atoms in total. The molecule has 0 aromatic heterocycles. The van der Waals surface area contributed by atoms with Gasteiger partial charge in [-0.15, -0.1) is 0 Å². The van der Waals surface area contributed by atoms with Crippen LogP contribution in [0, 0.1) is 0 Å². The van der Waals surface area contributed by atoms with Crippen LogP contribution in [-0.2, 0) is 6.54 Å². The van der Waals surface area contributed by atoms with Crippen LogP contribution in [-0.4, -0.2) is 18.0 Å². The Hall–Kier alpha value is -2.00. The van der Waals surface area contributed by atoms with Gasteiger partial charge in [-0.1, -0.05) is 60.1 Å². The zero-order valence-electron chi connectivity index (χ0n) is 12.2. The van der Waals surface area contributed by atoms with Crippen molar-refractivity contribution in [3.63, 3.8) is 0 Å². The third-order valence-electron chi connectivity index (χ3n) is 3.35. The molecule has 4 heteroatoms. The molecule has 0 bridgehead atoms. The van der Waals surface area contributed by atoms with Crippen LogP contribution in [0.25, 0.3) is 0 Å². The highest BCUT2D eigenvalue weighted by Crippen LogP contribution is 2.17. The van der Waals surface area contributed by atoms with Crippen molar-refractivity contribution >= 4 is 17.6 Å². The second-order valence-corrected chi connectivity index (χ2v) is 5.44. The van der Waals surface area contributed by atoms with E-state index < -0.39 is 0 Å². The summed E-state index contributed by atoms with van der Waals surface area (Å²) in [5.41, 5.74) is 2.01. The summed E-state index contributed by atoms with van der Waals surface area (Å²) in [7, 11) is 1.76. The van der Waals surface area contributed by atoms with E-state index in [1.165, 1.54) is 0 Å². The number of carbonyl (C=O) groups excluding carboxylic acids is 1. The molecule has 110 valence electrons. The van der Waals surface area contributed by atoms with E-state index >= 15 is 0 Å². The van der Waals surface area contributed by atoms with E-state index in [0.29, 0.717) is 11.6 Å². The minimum atomic E-state index is -0.119. The maximum absolute atomic E-state index is 12.2. The molecule has 0 aliphatic rings. The van der Waals surface area contributed by atoms with Crippen LogP contribution < -0.4 is 5.32 Å². The molecular weight excluding hydrogens is 284 g/mol. The van der Waals surface area contributed by atoms with Crippen LogP contribution in [0.15, 0.2) is 54.6 Å². The van der Waals surface area contributed by atoms with Gasteiger partial charge in [0, 0.05) is 18.6 Å². The average Bonchev–Trinajstić information content (AvgIpc) is 2.50. The Labute approximate surface area is 130 Å². The predicted molar refractivity (Wildman–Crippen MR) is 86.3 cm³/mol. The smallest absolute Gasteiger partial charge is 0.317 e. The summed E-state index contributed by atoms with van der Waals surface area (Å²) in [6, 6.07) is 17.3. The van der Waals surface area contributed by atoms with Gasteiger partial charge in [-0.05, 0) is 24.1 Å². The first-order chi connectivity index (χ1) is 10.1. The fourth-order valence-corrected chi connectivity index (χ4v) is 2.27. The molecular formula is C17H19ClN2O. The standard InChI is InChI=1S/C17H19ClN2O/c1-13(14-8-4-3-5-9-14)19-17(21)20(2)12-15-10-6-7-11-16(15)18/h3-11,13H,12H2,1-2H3,(H,19,21). The van der Waals surface area contributed by atoms with Crippen LogP contribution in [0.4, 0.5) is 4.79 Å². The van der Waals surface area contributed by atoms with Gasteiger partial charge < -0.3 is 10.2 Å². The van der Waals surface area contributed by atoms with Gasteiger partial charge in [0.2, 0.25) is 0 Å². The van der Waals surface area contributed by atoms with E-state index in [-0.39, 0.29) is 12.1 Å². The van der Waals surface area contributed by atoms with Gasteiger partial charge in [0.15, 0.2) is 0 Å². The molecule has 0 radical (unpaired) electrons. The summed E-state index contributed by atoms with van der Waals surface area (Å²) in [4.78, 5) is 13.8. The van der Waals surface area contributed by atoms with Crippen molar-refractivity contribution in [1.82, 2.24) is 10.2 Å². The Morgan fingerprint density at radius 1 is 1.14 bits per heavy atom. The molecule has 2 aromatic carbocycles. The van der Waals surface area contributed by atoms with Crippen molar-refractivity contribution in [2.75, 3.05) is 7.05 Å². The number of nitrogens with one attached hydrogen (secondary N) is 1. The van der Waals surface area contributed by atoms with E-state index in [9.17, 15) is 4.79 Å². The summed E-state index contributed by atoms with van der Waals surface area (Å²) in [6.45, 7) is 2.45. The first-order valence-electron chi connectivity index (χ1n) is 6.88. The molecule has 0 saturated carbocycles. The van der Waals surface area contributed by atoms with Crippen molar-refractivity contribution in [3.05, 3.63) is 70.7 Å². The highest BCUT2D eigenvalue weighted by molar-refractivity contribution is 6.31. The van der Waals surface area contributed by atoms with Crippen LogP contribution in [0.5, 0.6) is 0 Å². The van der Waals surface area contributed by atoms with Gasteiger partial charge in [0.05, 0.1) is 6.04 Å². The highest BCUT2D eigenvalue weighted by Gasteiger charge is 2.14. The lowest BCUT2D eigenvalue weighted by molar-refractivity contribution is 0.203. The van der Waals surface area contributed by atoms with Crippen molar-refractivity contribution in [2.24, 2.45) is 0 Å². The lowest BCUT2D eigenvalue weighted by Crippen LogP contribution is -2.38. The van der Waals surface area contributed by atoms with Crippen molar-refractivity contribution in [3.8, 4) is 0 Å². The Balaban J connectivity index is 1.95. The minimum absolute atomic E-state index is 0.0348. The quantitative estimate of drug-likeness (QED) is 0.900. The predicted octanol–water partition coefficient (Wildman–Crippen LogP) is 4.24. The van der Waals surface area contributed by atoms with Crippen molar-refractivity contribution < 1.29 is 4.79 Å². The SMILES string of the molecule is CC(NC(=O)N(C)Cc1ccccc1Cl)c1ccccc1. The van der Waals surface area contributed by atoms with Gasteiger partial charge in [0.25, 0.3) is 0 Å². The van der Waals surface area contributed by atoms with Crippen LogP contribution in [0.1, 0.15) is 24.1 Å². The maximum atomic E-state index is 12.2. The topological polar surface area (TPSA) is 32.3 Å². The number of hydrogen-bond donors (Lipinski definition) is 1. The Morgan fingerprint density at radius 2 is 1.76 bits per heavy atom. The molecule has 2 aromatic rings. The first kappa shape index (κ1) is 15.4. The molecule has 0 aliphatic carbocycles. The Morgan fingerprint density at radius 3 is 2.43 bits per heavy atom. The van der Waals surface area contributed by atoms with E-state index in [1.54, 1.807) is 11.9 Å². The van der Waals surface area contributed by atoms with Gasteiger partial charge >= 0.3 is 6.03 Å². The van der Waals surface area contributed by atoms with Crippen molar-refractivity contribution in [1.29, 1.82) is 0 Å². The third-order valence-corrected chi connectivity index (χ3v) is 3.72. The molecule has 21 heavy (non-hydrogen) atoms. The van der Waals surface area contributed by atoms with Crippen LogP contribution >= 0.6 is 11.6 Å². The van der Waals surface area contributed by atoms with E-state index in [2.05, 4.69) is 5.32 Å². The molecule has 0 fully saturated rings. The Bertz CT molecular complexity index is 601. The monoisotopic (exact) mass is 302 g/mol. The van der Waals surface area contributed by atoms with Gasteiger partial charge in [-0.2, -0.15) is 0 Å². The second-order valence-electron chi connectivity index (χ2n) is 5.03. The second kappa shape index (κ2) is 7.14. The molecule has 0 saturated heterocycles. The summed E-state index contributed by atoms with van der Waals surface area (Å²) in [5, 5.41) is 3.65. The number of urea groups is 1. The zero-order valence-corrected chi connectivity index (χ0v) is 13.0. The number of halogens is 1. The molecule has 2 amide bonds. The molecule has 0 aliphatic heterocycles. The summed E-state index contributed by atoms with van der Waals surface area (Å²) in [5.74, 6) is 0. The average molecular weight is 303 g/mol. The number of carbonyl (C=O) groups is 1. The minimum Gasteiger partial charge on any atom is -0.331 e.